The van der Waals surface area contributed by atoms with E-state index in [9.17, 15) is 13.2 Å². The van der Waals surface area contributed by atoms with Crippen molar-refractivity contribution in [2.75, 3.05) is 20.2 Å². The van der Waals surface area contributed by atoms with Crippen molar-refractivity contribution in [2.45, 2.75) is 57.6 Å². The first-order valence-corrected chi connectivity index (χ1v) is 22.2. The SMILES string of the molecule is C=C(CN(C)/C=C/C=C(\C(=O)OCC)S(=O)(=O)c1ccccc1)[Si](C)(O[Si](C)(C)C)O[Si](C)(C)C. The van der Waals surface area contributed by atoms with Crippen LogP contribution in [0.1, 0.15) is 6.92 Å². The zero-order valence-electron chi connectivity index (χ0n) is 22.5. The van der Waals surface area contributed by atoms with Crippen LogP contribution in [0.5, 0.6) is 0 Å². The number of esters is 1. The van der Waals surface area contributed by atoms with Gasteiger partial charge in [0.05, 0.1) is 11.5 Å². The zero-order valence-corrected chi connectivity index (χ0v) is 26.4. The van der Waals surface area contributed by atoms with E-state index in [4.69, 9.17) is 13.0 Å². The molecule has 0 N–H and O–H groups in total. The Balaban J connectivity index is 3.17. The number of sulfone groups is 1. The molecule has 1 aromatic carbocycles. The average Bonchev–Trinajstić information content (AvgIpc) is 2.69. The summed E-state index contributed by atoms with van der Waals surface area (Å²) in [5.41, 5.74) is 0. The molecule has 0 amide bonds. The standard InChI is InChI=1S/C24H41NO6SSi3/c1-11-29-24(26)23(32(27,28)22-16-13-12-14-17-22)18-15-19-25(3)20-21(2)35(10,30-33(4,5)6)31-34(7,8)9/h12-19H,2,11,20H2,1,3-10H3/b19-15+,23-18+. The summed E-state index contributed by atoms with van der Waals surface area (Å²) in [5.74, 6) is -0.889. The molecule has 1 aromatic rings. The van der Waals surface area contributed by atoms with Gasteiger partial charge in [0.25, 0.3) is 0 Å². The summed E-state index contributed by atoms with van der Waals surface area (Å²) >= 11 is 0. The third-order valence-corrected chi connectivity index (χ3v) is 15.7. The lowest BCUT2D eigenvalue weighted by Gasteiger charge is -2.40. The second-order valence-corrected chi connectivity index (χ2v) is 24.9. The van der Waals surface area contributed by atoms with Crippen LogP contribution in [0.15, 0.2) is 70.3 Å². The Morgan fingerprint density at radius 3 is 1.97 bits per heavy atom. The Bertz CT molecular complexity index is 1030. The van der Waals surface area contributed by atoms with E-state index in [2.05, 4.69) is 52.4 Å². The maximum atomic E-state index is 13.0. The molecule has 0 spiro atoms. The van der Waals surface area contributed by atoms with E-state index in [0.717, 1.165) is 5.20 Å². The fourth-order valence-corrected chi connectivity index (χ4v) is 16.2. The van der Waals surface area contributed by atoms with Crippen LogP contribution >= 0.6 is 0 Å². The van der Waals surface area contributed by atoms with Gasteiger partial charge < -0.3 is 17.9 Å². The topological polar surface area (TPSA) is 82.1 Å². The fraction of sp³-hybridized carbons (Fsp3) is 0.458. The minimum atomic E-state index is -4.03. The van der Waals surface area contributed by atoms with Crippen LogP contribution in [-0.2, 0) is 27.6 Å². The van der Waals surface area contributed by atoms with Crippen LogP contribution in [-0.4, -0.2) is 64.7 Å². The van der Waals surface area contributed by atoms with Crippen molar-refractivity contribution in [3.05, 3.63) is 65.4 Å². The number of likely N-dealkylation sites (N-methyl/N-ethyl adjacent to an activating group) is 1. The molecule has 0 atom stereocenters. The summed E-state index contributed by atoms with van der Waals surface area (Å²) < 4.78 is 44.2. The van der Waals surface area contributed by atoms with Crippen molar-refractivity contribution in [1.82, 2.24) is 4.90 Å². The molecule has 0 aliphatic rings. The highest BCUT2D eigenvalue weighted by Gasteiger charge is 2.43. The molecule has 0 aliphatic carbocycles. The van der Waals surface area contributed by atoms with E-state index >= 15 is 0 Å². The van der Waals surface area contributed by atoms with Crippen molar-refractivity contribution in [2.24, 2.45) is 0 Å². The molecule has 0 fully saturated rings. The van der Waals surface area contributed by atoms with Gasteiger partial charge in [-0.1, -0.05) is 24.8 Å². The zero-order chi connectivity index (χ0) is 27.1. The molecule has 0 heterocycles. The Labute approximate surface area is 214 Å². The van der Waals surface area contributed by atoms with Crippen LogP contribution in [0, 0.1) is 0 Å². The summed E-state index contributed by atoms with van der Waals surface area (Å²) in [6.45, 7) is 21.4. The molecular weight excluding hydrogens is 515 g/mol. The first kappa shape index (κ1) is 31.3. The van der Waals surface area contributed by atoms with Gasteiger partial charge in [0.15, 0.2) is 21.5 Å². The molecular formula is C24H41NO6SSi3. The van der Waals surface area contributed by atoms with Crippen LogP contribution in [0.2, 0.25) is 45.8 Å². The Morgan fingerprint density at radius 1 is 1.00 bits per heavy atom. The summed E-state index contributed by atoms with van der Waals surface area (Å²) in [5, 5.41) is 0.890. The second kappa shape index (κ2) is 12.5. The van der Waals surface area contributed by atoms with Crippen LogP contribution < -0.4 is 0 Å². The van der Waals surface area contributed by atoms with E-state index in [1.807, 2.05) is 11.9 Å². The van der Waals surface area contributed by atoms with Gasteiger partial charge in [-0.15, -0.1) is 0 Å². The van der Waals surface area contributed by atoms with Gasteiger partial charge >= 0.3 is 14.5 Å². The third-order valence-electron chi connectivity index (χ3n) is 4.49. The van der Waals surface area contributed by atoms with Crippen LogP contribution in [0.25, 0.3) is 0 Å². The van der Waals surface area contributed by atoms with Gasteiger partial charge in [0, 0.05) is 13.6 Å². The average molecular weight is 556 g/mol. The second-order valence-electron chi connectivity index (χ2n) is 10.3. The number of allylic oxidation sites excluding steroid dienone is 2. The molecule has 0 unspecified atom stereocenters. The quantitative estimate of drug-likeness (QED) is 0.143. The molecule has 7 nitrogen and oxygen atoms in total. The van der Waals surface area contributed by atoms with E-state index in [-0.39, 0.29) is 11.5 Å². The summed E-state index contributed by atoms with van der Waals surface area (Å²) in [4.78, 5) is 13.9. The lowest BCUT2D eigenvalue weighted by Crippen LogP contribution is -2.55. The number of nitrogens with zero attached hydrogens (tertiary/aromatic N) is 1. The Hall–Kier alpha value is -1.77. The number of carbonyl (C=O) groups excluding carboxylic acids is 1. The van der Waals surface area contributed by atoms with Crippen molar-refractivity contribution in [3.8, 4) is 0 Å². The molecule has 0 aliphatic heterocycles. The van der Waals surface area contributed by atoms with Crippen molar-refractivity contribution >= 4 is 41.0 Å². The predicted molar refractivity (Wildman–Crippen MR) is 150 cm³/mol. The number of benzene rings is 1. The molecule has 0 saturated carbocycles. The highest BCUT2D eigenvalue weighted by molar-refractivity contribution is 7.96. The number of ether oxygens (including phenoxy) is 1. The molecule has 1 rings (SSSR count). The largest absolute Gasteiger partial charge is 0.462 e. The molecule has 0 saturated heterocycles. The number of rotatable bonds is 13. The normalized spacial score (nSPS) is 13.7. The molecule has 11 heteroatoms. The highest BCUT2D eigenvalue weighted by Crippen LogP contribution is 2.27. The van der Waals surface area contributed by atoms with Gasteiger partial charge in [-0.05, 0) is 88.4 Å². The lowest BCUT2D eigenvalue weighted by molar-refractivity contribution is -0.137. The fourth-order valence-electron chi connectivity index (χ4n) is 3.30. The Kier molecular flexibility index (Phi) is 11.1. The highest BCUT2D eigenvalue weighted by atomic mass is 32.2. The van der Waals surface area contributed by atoms with Gasteiger partial charge in [-0.25, -0.2) is 13.2 Å². The van der Waals surface area contributed by atoms with Gasteiger partial charge in [-0.2, -0.15) is 0 Å². The van der Waals surface area contributed by atoms with Crippen molar-refractivity contribution in [1.29, 1.82) is 0 Å². The number of hydrogen-bond acceptors (Lipinski definition) is 7. The van der Waals surface area contributed by atoms with Crippen LogP contribution in [0.4, 0.5) is 0 Å². The minimum Gasteiger partial charge on any atom is -0.462 e. The van der Waals surface area contributed by atoms with Crippen molar-refractivity contribution in [3.63, 3.8) is 0 Å². The number of carbonyl (C=O) groups is 1. The van der Waals surface area contributed by atoms with Gasteiger partial charge in [-0.3, -0.25) is 0 Å². The molecule has 35 heavy (non-hydrogen) atoms. The third kappa shape index (κ3) is 10.4. The van der Waals surface area contributed by atoms with E-state index in [0.29, 0.717) is 6.54 Å². The summed E-state index contributed by atoms with van der Waals surface area (Å²) in [6, 6.07) is 7.83. The van der Waals surface area contributed by atoms with Crippen LogP contribution in [0.3, 0.4) is 0 Å². The van der Waals surface area contributed by atoms with E-state index < -0.39 is 45.9 Å². The molecule has 0 bridgehead atoms. The van der Waals surface area contributed by atoms with E-state index in [1.165, 1.54) is 24.3 Å². The minimum absolute atomic E-state index is 0.0307. The molecule has 0 radical (unpaired) electrons. The maximum absolute atomic E-state index is 13.0. The smallest absolute Gasteiger partial charge is 0.350 e. The summed E-state index contributed by atoms with van der Waals surface area (Å²) in [6.07, 6.45) is 4.49. The number of hydrogen-bond donors (Lipinski definition) is 0. The maximum Gasteiger partial charge on any atom is 0.350 e. The first-order chi connectivity index (χ1) is 15.9. The van der Waals surface area contributed by atoms with E-state index in [1.54, 1.807) is 31.3 Å². The van der Waals surface area contributed by atoms with Gasteiger partial charge in [0.1, 0.15) is 0 Å². The van der Waals surface area contributed by atoms with Gasteiger partial charge in [0.2, 0.25) is 9.84 Å². The first-order valence-electron chi connectivity index (χ1n) is 11.6. The lowest BCUT2D eigenvalue weighted by atomic mass is 10.4. The summed E-state index contributed by atoms with van der Waals surface area (Å²) in [7, 11) is -8.64. The monoisotopic (exact) mass is 555 g/mol. The molecule has 0 aromatic heterocycles. The molecule has 196 valence electrons. The predicted octanol–water partition coefficient (Wildman–Crippen LogP) is 5.22. The Morgan fingerprint density at radius 2 is 1.51 bits per heavy atom. The van der Waals surface area contributed by atoms with Crippen molar-refractivity contribution < 1.29 is 26.2 Å².